The summed E-state index contributed by atoms with van der Waals surface area (Å²) in [4.78, 5) is 4.69. The number of aromatic nitrogens is 1. The highest BCUT2D eigenvalue weighted by atomic mass is 32.1. The zero-order valence-corrected chi connectivity index (χ0v) is 16.2. The van der Waals surface area contributed by atoms with Gasteiger partial charge in [-0.25, -0.2) is 13.8 Å². The second kappa shape index (κ2) is 8.14. The van der Waals surface area contributed by atoms with Gasteiger partial charge >= 0.3 is 0 Å². The molecule has 0 amide bonds. The predicted molar refractivity (Wildman–Crippen MR) is 104 cm³/mol. The SMILES string of the molecule is C=C(C)Cc1csc(C2(NCC(O)C(N)Cc3cc(F)cc(F)c3)CC2)n1. The maximum absolute atomic E-state index is 13.3. The van der Waals surface area contributed by atoms with E-state index in [2.05, 4.69) is 11.9 Å². The van der Waals surface area contributed by atoms with E-state index in [0.717, 1.165) is 41.6 Å². The zero-order chi connectivity index (χ0) is 19.6. The van der Waals surface area contributed by atoms with Crippen LogP contribution in [0.4, 0.5) is 8.78 Å². The number of allylic oxidation sites excluding steroid dienone is 1. The molecule has 0 bridgehead atoms. The minimum Gasteiger partial charge on any atom is -0.390 e. The van der Waals surface area contributed by atoms with Crippen molar-refractivity contribution in [3.63, 3.8) is 0 Å². The third kappa shape index (κ3) is 5.19. The van der Waals surface area contributed by atoms with E-state index in [-0.39, 0.29) is 12.0 Å². The molecule has 1 heterocycles. The van der Waals surface area contributed by atoms with Gasteiger partial charge in [-0.2, -0.15) is 0 Å². The van der Waals surface area contributed by atoms with Gasteiger partial charge in [-0.3, -0.25) is 0 Å². The number of nitrogens with zero attached hydrogens (tertiary/aromatic N) is 1. The van der Waals surface area contributed by atoms with Crippen molar-refractivity contribution < 1.29 is 13.9 Å². The summed E-state index contributed by atoms with van der Waals surface area (Å²) >= 11 is 1.62. The maximum Gasteiger partial charge on any atom is 0.126 e. The number of hydrogen-bond donors (Lipinski definition) is 3. The van der Waals surface area contributed by atoms with Crippen LogP contribution in [0.1, 0.15) is 36.0 Å². The molecule has 2 unspecified atom stereocenters. The minimum atomic E-state index is -0.830. The van der Waals surface area contributed by atoms with E-state index in [0.29, 0.717) is 12.1 Å². The molecule has 0 radical (unpaired) electrons. The average Bonchev–Trinajstić information content (AvgIpc) is 3.22. The summed E-state index contributed by atoms with van der Waals surface area (Å²) < 4.78 is 26.6. The number of aliphatic hydroxyl groups is 1. The molecule has 1 fully saturated rings. The summed E-state index contributed by atoms with van der Waals surface area (Å²) in [5, 5.41) is 16.8. The van der Waals surface area contributed by atoms with Crippen molar-refractivity contribution in [3.05, 3.63) is 63.6 Å². The highest BCUT2D eigenvalue weighted by molar-refractivity contribution is 7.09. The molecule has 0 aliphatic heterocycles. The first kappa shape index (κ1) is 20.1. The van der Waals surface area contributed by atoms with Crippen molar-refractivity contribution >= 4 is 11.3 Å². The number of rotatable bonds is 9. The molecule has 2 aromatic rings. The van der Waals surface area contributed by atoms with Crippen molar-refractivity contribution in [1.82, 2.24) is 10.3 Å². The highest BCUT2D eigenvalue weighted by Crippen LogP contribution is 2.46. The largest absolute Gasteiger partial charge is 0.390 e. The Labute approximate surface area is 162 Å². The van der Waals surface area contributed by atoms with Gasteiger partial charge < -0.3 is 16.2 Å². The third-order valence-electron chi connectivity index (χ3n) is 4.73. The summed E-state index contributed by atoms with van der Waals surface area (Å²) in [6.45, 7) is 6.20. The first-order valence-corrected chi connectivity index (χ1v) is 9.88. The summed E-state index contributed by atoms with van der Waals surface area (Å²) in [7, 11) is 0. The minimum absolute atomic E-state index is 0.191. The molecular weight excluding hydrogens is 368 g/mol. The van der Waals surface area contributed by atoms with Crippen LogP contribution < -0.4 is 11.1 Å². The summed E-state index contributed by atoms with van der Waals surface area (Å²) in [5.74, 6) is -1.29. The van der Waals surface area contributed by atoms with E-state index in [9.17, 15) is 13.9 Å². The number of hydrogen-bond acceptors (Lipinski definition) is 5. The molecule has 4 nitrogen and oxygen atoms in total. The van der Waals surface area contributed by atoms with Crippen molar-refractivity contribution in [2.45, 2.75) is 50.3 Å². The molecule has 0 saturated heterocycles. The Bertz CT molecular complexity index is 799. The molecule has 1 aliphatic carbocycles. The van der Waals surface area contributed by atoms with E-state index in [4.69, 9.17) is 10.7 Å². The van der Waals surface area contributed by atoms with Crippen LogP contribution in [0.2, 0.25) is 0 Å². The molecule has 1 aromatic heterocycles. The molecule has 7 heteroatoms. The Morgan fingerprint density at radius 1 is 1.37 bits per heavy atom. The lowest BCUT2D eigenvalue weighted by molar-refractivity contribution is 0.136. The van der Waals surface area contributed by atoms with Crippen LogP contribution in [0.3, 0.4) is 0 Å². The van der Waals surface area contributed by atoms with Gasteiger partial charge in [0.1, 0.15) is 16.6 Å². The fourth-order valence-corrected chi connectivity index (χ4v) is 4.15. The first-order valence-electron chi connectivity index (χ1n) is 9.00. The number of halogens is 2. The standard InChI is InChI=1S/C20H25F2N3OS/c1-12(2)5-16-11-27-19(25-16)20(3-4-20)24-10-18(26)17(23)8-13-6-14(21)9-15(22)7-13/h6-7,9,11,17-18,24,26H,1,3-5,8,10,23H2,2H3. The van der Waals surface area contributed by atoms with Crippen LogP contribution in [0.5, 0.6) is 0 Å². The van der Waals surface area contributed by atoms with Gasteiger partial charge in [0.25, 0.3) is 0 Å². The molecule has 3 rings (SSSR count). The summed E-state index contributed by atoms with van der Waals surface area (Å²) in [6, 6.07) is 2.68. The molecule has 146 valence electrons. The molecular formula is C20H25F2N3OS. The van der Waals surface area contributed by atoms with Gasteiger partial charge in [-0.1, -0.05) is 12.2 Å². The maximum atomic E-state index is 13.3. The van der Waals surface area contributed by atoms with Crippen LogP contribution in [0, 0.1) is 11.6 Å². The van der Waals surface area contributed by atoms with Gasteiger partial charge in [-0.15, -0.1) is 11.3 Å². The second-order valence-electron chi connectivity index (χ2n) is 7.45. The van der Waals surface area contributed by atoms with Crippen LogP contribution in [-0.4, -0.2) is 28.8 Å². The molecule has 1 aliphatic rings. The highest BCUT2D eigenvalue weighted by Gasteiger charge is 2.46. The summed E-state index contributed by atoms with van der Waals surface area (Å²) in [6.07, 6.45) is 2.06. The van der Waals surface area contributed by atoms with Gasteiger partial charge in [-0.05, 0) is 43.9 Å². The first-order chi connectivity index (χ1) is 12.8. The quantitative estimate of drug-likeness (QED) is 0.573. The third-order valence-corrected chi connectivity index (χ3v) is 5.83. The monoisotopic (exact) mass is 393 g/mol. The number of nitrogens with one attached hydrogen (secondary N) is 1. The van der Waals surface area contributed by atoms with Crippen molar-refractivity contribution in [1.29, 1.82) is 0 Å². The zero-order valence-electron chi connectivity index (χ0n) is 15.3. The number of thiazole rings is 1. The molecule has 0 spiro atoms. The van der Waals surface area contributed by atoms with Crippen molar-refractivity contribution in [2.75, 3.05) is 6.54 Å². The van der Waals surface area contributed by atoms with Crippen molar-refractivity contribution in [2.24, 2.45) is 5.73 Å². The van der Waals surface area contributed by atoms with Crippen LogP contribution in [-0.2, 0) is 18.4 Å². The topological polar surface area (TPSA) is 71.2 Å². The Morgan fingerprint density at radius 2 is 2.04 bits per heavy atom. The summed E-state index contributed by atoms with van der Waals surface area (Å²) in [5.41, 5.74) is 8.37. The molecule has 1 saturated carbocycles. The number of benzene rings is 1. The van der Waals surface area contributed by atoms with Crippen molar-refractivity contribution in [3.8, 4) is 0 Å². The average molecular weight is 394 g/mol. The molecule has 1 aromatic carbocycles. The van der Waals surface area contributed by atoms with Crippen LogP contribution in [0.25, 0.3) is 0 Å². The fraction of sp³-hybridized carbons (Fsp3) is 0.450. The van der Waals surface area contributed by atoms with Gasteiger partial charge in [0.15, 0.2) is 0 Å². The van der Waals surface area contributed by atoms with Gasteiger partial charge in [0.2, 0.25) is 0 Å². The predicted octanol–water partition coefficient (Wildman–Crippen LogP) is 3.05. The van der Waals surface area contributed by atoms with E-state index in [1.807, 2.05) is 12.3 Å². The lowest BCUT2D eigenvalue weighted by Crippen LogP contribution is -2.45. The fourth-order valence-electron chi connectivity index (χ4n) is 3.10. The smallest absolute Gasteiger partial charge is 0.126 e. The Morgan fingerprint density at radius 3 is 2.63 bits per heavy atom. The lowest BCUT2D eigenvalue weighted by Gasteiger charge is -2.22. The Kier molecular flexibility index (Phi) is 6.05. The van der Waals surface area contributed by atoms with Crippen LogP contribution in [0.15, 0.2) is 35.7 Å². The molecule has 27 heavy (non-hydrogen) atoms. The molecule has 2 atom stereocenters. The Balaban J connectivity index is 1.55. The van der Waals surface area contributed by atoms with E-state index in [1.165, 1.54) is 12.1 Å². The lowest BCUT2D eigenvalue weighted by atomic mass is 10.0. The van der Waals surface area contributed by atoms with E-state index < -0.39 is 23.8 Å². The van der Waals surface area contributed by atoms with Gasteiger partial charge in [0, 0.05) is 30.5 Å². The molecule has 4 N–H and O–H groups in total. The number of nitrogens with two attached hydrogens (primary N) is 1. The number of aliphatic hydroxyl groups excluding tert-OH is 1. The van der Waals surface area contributed by atoms with E-state index >= 15 is 0 Å². The van der Waals surface area contributed by atoms with E-state index in [1.54, 1.807) is 11.3 Å². The second-order valence-corrected chi connectivity index (χ2v) is 8.31. The van der Waals surface area contributed by atoms with Crippen LogP contribution >= 0.6 is 11.3 Å². The normalized spacial score (nSPS) is 17.5. The Hall–Kier alpha value is -1.67. The van der Waals surface area contributed by atoms with Gasteiger partial charge in [0.05, 0.1) is 17.3 Å².